The number of benzene rings is 1. The van der Waals surface area contributed by atoms with Crippen molar-refractivity contribution in [2.24, 2.45) is 0 Å². The van der Waals surface area contributed by atoms with E-state index in [1.807, 2.05) is 44.2 Å². The topological polar surface area (TPSA) is 69.7 Å². The monoisotopic (exact) mass is 312 g/mol. The third-order valence-electron chi connectivity index (χ3n) is 2.84. The van der Waals surface area contributed by atoms with E-state index in [0.717, 1.165) is 5.56 Å². The first-order valence-corrected chi connectivity index (χ1v) is 7.97. The summed E-state index contributed by atoms with van der Waals surface area (Å²) in [4.78, 5) is 11.2. The van der Waals surface area contributed by atoms with Crippen molar-refractivity contribution in [2.75, 3.05) is 12.5 Å². The molecule has 0 aliphatic rings. The molecule has 1 rings (SSSR count). The number of carbonyl (C=O) groups excluding carboxylic acids is 1. The van der Waals surface area contributed by atoms with Gasteiger partial charge in [-0.2, -0.15) is 8.42 Å². The first-order chi connectivity index (χ1) is 9.64. The fourth-order valence-electron chi connectivity index (χ4n) is 1.49. The normalized spacial score (nSPS) is 12.0. The van der Waals surface area contributed by atoms with Gasteiger partial charge in [0.05, 0.1) is 6.61 Å². The molecule has 0 saturated carbocycles. The second-order valence-corrected chi connectivity index (χ2v) is 6.99. The Hall–Kier alpha value is -1.66. The van der Waals surface area contributed by atoms with Gasteiger partial charge in [-0.25, -0.2) is 4.79 Å². The molecule has 6 heteroatoms. The number of rotatable bonds is 7. The van der Waals surface area contributed by atoms with Gasteiger partial charge in [0.2, 0.25) is 5.94 Å². The summed E-state index contributed by atoms with van der Waals surface area (Å²) in [6.07, 6.45) is 0. The maximum atomic E-state index is 11.7. The fourth-order valence-corrected chi connectivity index (χ4v) is 2.29. The summed E-state index contributed by atoms with van der Waals surface area (Å²) in [6.45, 7) is 8.52. The molecule has 0 N–H and O–H groups in total. The largest absolute Gasteiger partial charge is 0.443 e. The van der Waals surface area contributed by atoms with Crippen molar-refractivity contribution in [3.63, 3.8) is 0 Å². The molecule has 21 heavy (non-hydrogen) atoms. The molecule has 0 fully saturated rings. The van der Waals surface area contributed by atoms with Crippen molar-refractivity contribution < 1.29 is 22.1 Å². The summed E-state index contributed by atoms with van der Waals surface area (Å²) in [5, 5.41) is 0. The van der Waals surface area contributed by atoms with Gasteiger partial charge in [0.15, 0.2) is 0 Å². The van der Waals surface area contributed by atoms with E-state index in [4.69, 9.17) is 4.18 Å². The molecule has 0 saturated heterocycles. The van der Waals surface area contributed by atoms with E-state index in [-0.39, 0.29) is 12.2 Å². The summed E-state index contributed by atoms with van der Waals surface area (Å²) in [5.41, 5.74) is 0.612. The lowest BCUT2D eigenvalue weighted by Gasteiger charge is -2.24. The van der Waals surface area contributed by atoms with Gasteiger partial charge in [0.25, 0.3) is 0 Å². The zero-order valence-corrected chi connectivity index (χ0v) is 13.3. The van der Waals surface area contributed by atoms with Crippen molar-refractivity contribution in [1.29, 1.82) is 0 Å². The Balaban J connectivity index is 2.61. The van der Waals surface area contributed by atoms with Crippen LogP contribution in [0.2, 0.25) is 0 Å². The van der Waals surface area contributed by atoms with Crippen LogP contribution >= 0.6 is 0 Å². The fraction of sp³-hybridized carbons (Fsp3) is 0.400. The Bertz CT molecular complexity index is 602. The Labute approximate surface area is 125 Å². The van der Waals surface area contributed by atoms with E-state index in [0.29, 0.717) is 0 Å². The van der Waals surface area contributed by atoms with E-state index in [1.54, 1.807) is 0 Å². The highest BCUT2D eigenvalue weighted by Gasteiger charge is 2.25. The molecule has 1 aromatic rings. The minimum absolute atomic E-state index is 0.0377. The van der Waals surface area contributed by atoms with Gasteiger partial charge in [-0.05, 0) is 12.5 Å². The zero-order valence-electron chi connectivity index (χ0n) is 12.5. The summed E-state index contributed by atoms with van der Waals surface area (Å²) < 4.78 is 32.9. The highest BCUT2D eigenvalue weighted by Crippen LogP contribution is 2.23. The van der Waals surface area contributed by atoms with Crippen LogP contribution in [0, 0.1) is 0 Å². The van der Waals surface area contributed by atoms with Gasteiger partial charge < -0.3 is 4.74 Å². The molecule has 0 heterocycles. The maximum Gasteiger partial charge on any atom is 0.334 e. The third-order valence-corrected chi connectivity index (χ3v) is 3.72. The summed E-state index contributed by atoms with van der Waals surface area (Å²) >= 11 is 0. The van der Waals surface area contributed by atoms with E-state index < -0.39 is 27.4 Å². The molecular formula is C15H20O5S. The van der Waals surface area contributed by atoms with Gasteiger partial charge >= 0.3 is 16.1 Å². The summed E-state index contributed by atoms with van der Waals surface area (Å²) in [5.74, 6) is -1.58. The molecule has 0 atom stereocenters. The van der Waals surface area contributed by atoms with Gasteiger partial charge in [-0.15, -0.1) is 0 Å². The van der Waals surface area contributed by atoms with Gasteiger partial charge in [-0.1, -0.05) is 50.8 Å². The average molecular weight is 312 g/mol. The smallest absolute Gasteiger partial charge is 0.334 e. The number of ether oxygens (including phenoxy) is 1. The minimum atomic E-state index is -3.94. The van der Waals surface area contributed by atoms with E-state index in [9.17, 15) is 13.2 Å². The Morgan fingerprint density at radius 3 is 2.33 bits per heavy atom. The molecule has 0 aliphatic carbocycles. The van der Waals surface area contributed by atoms with Crippen molar-refractivity contribution in [3.8, 4) is 0 Å². The highest BCUT2D eigenvalue weighted by atomic mass is 32.2. The van der Waals surface area contributed by atoms with Crippen LogP contribution < -0.4 is 0 Å². The first kappa shape index (κ1) is 17.4. The molecule has 116 valence electrons. The molecule has 0 amide bonds. The second kappa shape index (κ2) is 6.87. The van der Waals surface area contributed by atoms with Gasteiger partial charge in [0.1, 0.15) is 0 Å². The maximum absolute atomic E-state index is 11.7. The van der Waals surface area contributed by atoms with Crippen molar-refractivity contribution in [3.05, 3.63) is 48.0 Å². The average Bonchev–Trinajstić information content (AvgIpc) is 2.44. The lowest BCUT2D eigenvalue weighted by Crippen LogP contribution is -2.28. The van der Waals surface area contributed by atoms with Crippen LogP contribution in [0.3, 0.4) is 0 Å². The highest BCUT2D eigenvalue weighted by molar-refractivity contribution is 7.86. The molecule has 0 unspecified atom stereocenters. The quantitative estimate of drug-likeness (QED) is 0.439. The molecular weight excluding hydrogens is 292 g/mol. The SMILES string of the molecule is C=C(C)C(=O)OCS(=O)(=O)OCC(C)(C)c1ccccc1. The second-order valence-electron chi connectivity index (χ2n) is 5.40. The van der Waals surface area contributed by atoms with Gasteiger partial charge in [0, 0.05) is 11.0 Å². The Kier molecular flexibility index (Phi) is 5.69. The zero-order chi connectivity index (χ0) is 16.1. The predicted molar refractivity (Wildman–Crippen MR) is 80.1 cm³/mol. The lowest BCUT2D eigenvalue weighted by molar-refractivity contribution is -0.137. The van der Waals surface area contributed by atoms with E-state index >= 15 is 0 Å². The third kappa shape index (κ3) is 5.69. The van der Waals surface area contributed by atoms with Crippen LogP contribution in [0.4, 0.5) is 0 Å². The minimum Gasteiger partial charge on any atom is -0.443 e. The number of hydrogen-bond acceptors (Lipinski definition) is 5. The molecule has 0 aromatic heterocycles. The molecule has 0 bridgehead atoms. The molecule has 0 spiro atoms. The van der Waals surface area contributed by atoms with Crippen molar-refractivity contribution >= 4 is 16.1 Å². The van der Waals surface area contributed by atoms with Crippen molar-refractivity contribution in [1.82, 2.24) is 0 Å². The molecule has 5 nitrogen and oxygen atoms in total. The predicted octanol–water partition coefficient (Wildman–Crippen LogP) is 2.39. The first-order valence-electron chi connectivity index (χ1n) is 6.39. The van der Waals surface area contributed by atoms with Crippen LogP contribution in [-0.4, -0.2) is 26.9 Å². The Morgan fingerprint density at radius 2 is 1.81 bits per heavy atom. The van der Waals surface area contributed by atoms with Gasteiger partial charge in [-0.3, -0.25) is 4.18 Å². The van der Waals surface area contributed by atoms with Crippen molar-refractivity contribution in [2.45, 2.75) is 26.2 Å². The molecule has 1 aromatic carbocycles. The standard InChI is InChI=1S/C15H20O5S/c1-12(2)14(16)19-11-21(17,18)20-10-15(3,4)13-8-6-5-7-9-13/h5-9H,1,10-11H2,2-4H3. The number of hydrogen-bond donors (Lipinski definition) is 0. The Morgan fingerprint density at radius 1 is 1.24 bits per heavy atom. The van der Waals surface area contributed by atoms with Crippen LogP contribution in [0.1, 0.15) is 26.3 Å². The van der Waals surface area contributed by atoms with Crippen LogP contribution in [0.25, 0.3) is 0 Å². The summed E-state index contributed by atoms with van der Waals surface area (Å²) in [6, 6.07) is 9.43. The lowest BCUT2D eigenvalue weighted by atomic mass is 9.86. The van der Waals surface area contributed by atoms with E-state index in [1.165, 1.54) is 6.92 Å². The molecule has 0 aliphatic heterocycles. The van der Waals surface area contributed by atoms with Crippen LogP contribution in [-0.2, 0) is 29.2 Å². The number of carbonyl (C=O) groups is 1. The summed E-state index contributed by atoms with van der Waals surface area (Å²) in [7, 11) is -3.94. The number of esters is 1. The van der Waals surface area contributed by atoms with Crippen LogP contribution in [0.15, 0.2) is 42.5 Å². The van der Waals surface area contributed by atoms with Crippen LogP contribution in [0.5, 0.6) is 0 Å². The molecule has 0 radical (unpaired) electrons. The van der Waals surface area contributed by atoms with E-state index in [2.05, 4.69) is 11.3 Å².